The van der Waals surface area contributed by atoms with E-state index in [4.69, 9.17) is 5.11 Å². The van der Waals surface area contributed by atoms with Gasteiger partial charge in [0.1, 0.15) is 0 Å². The van der Waals surface area contributed by atoms with Crippen molar-refractivity contribution in [3.8, 4) is 11.1 Å². The third kappa shape index (κ3) is 3.51. The van der Waals surface area contributed by atoms with Gasteiger partial charge in [0.05, 0.1) is 6.61 Å². The average molecular weight is 282 g/mol. The van der Waals surface area contributed by atoms with Gasteiger partial charge in [-0.3, -0.25) is 0 Å². The first-order valence-electron chi connectivity index (χ1n) is 6.84. The first kappa shape index (κ1) is 14.9. The topological polar surface area (TPSA) is 46.5 Å². The van der Waals surface area contributed by atoms with Gasteiger partial charge < -0.3 is 9.84 Å². The number of ether oxygens (including phenoxy) is 1. The van der Waals surface area contributed by atoms with E-state index in [1.165, 1.54) is 22.3 Å². The Labute approximate surface area is 124 Å². The number of hydrogen-bond acceptors (Lipinski definition) is 2. The van der Waals surface area contributed by atoms with Crippen LogP contribution in [-0.2, 0) is 16.0 Å². The van der Waals surface area contributed by atoms with E-state index in [0.29, 0.717) is 6.61 Å². The van der Waals surface area contributed by atoms with Crippen molar-refractivity contribution in [2.24, 2.45) is 0 Å². The third-order valence-electron chi connectivity index (χ3n) is 3.26. The van der Waals surface area contributed by atoms with Crippen LogP contribution in [0.2, 0.25) is 0 Å². The molecule has 2 aromatic rings. The third-order valence-corrected chi connectivity index (χ3v) is 3.26. The van der Waals surface area contributed by atoms with Crippen molar-refractivity contribution in [1.82, 2.24) is 0 Å². The van der Waals surface area contributed by atoms with Gasteiger partial charge in [0.25, 0.3) is 0 Å². The largest absolute Gasteiger partial charge is 0.487 e. The van der Waals surface area contributed by atoms with E-state index in [0.717, 1.165) is 6.42 Å². The average Bonchev–Trinajstić information content (AvgIpc) is 2.86. The first-order chi connectivity index (χ1) is 10.1. The van der Waals surface area contributed by atoms with Gasteiger partial charge in [-0.25, -0.2) is 4.79 Å². The highest BCUT2D eigenvalue weighted by atomic mass is 16.5. The minimum Gasteiger partial charge on any atom is -0.487 e. The highest BCUT2D eigenvalue weighted by Gasteiger charge is 2.15. The molecule has 0 bridgehead atoms. The quantitative estimate of drug-likeness (QED) is 0.586. The summed E-state index contributed by atoms with van der Waals surface area (Å²) >= 11 is 0. The fraction of sp³-hybridized carbons (Fsp3) is 0.167. The Morgan fingerprint density at radius 2 is 1.57 bits per heavy atom. The molecule has 108 valence electrons. The number of hydrogen-bond donors (Lipinski definition) is 1. The fourth-order valence-electron chi connectivity index (χ4n) is 2.32. The first-order valence-corrected chi connectivity index (χ1v) is 6.84. The van der Waals surface area contributed by atoms with Crippen LogP contribution in [0, 0.1) is 0 Å². The van der Waals surface area contributed by atoms with Gasteiger partial charge in [-0.2, -0.15) is 0 Å². The van der Waals surface area contributed by atoms with Crippen molar-refractivity contribution in [3.05, 3.63) is 72.0 Å². The number of fused-ring (bicyclic) bond motifs is 3. The molecule has 0 fully saturated rings. The highest BCUT2D eigenvalue weighted by molar-refractivity contribution is 5.83. The zero-order chi connectivity index (χ0) is 15.2. The molecule has 1 aliphatic carbocycles. The minimum atomic E-state index is -1.10. The highest BCUT2D eigenvalue weighted by Crippen LogP contribution is 2.35. The predicted molar refractivity (Wildman–Crippen MR) is 83.1 cm³/mol. The molecule has 0 spiro atoms. The molecule has 21 heavy (non-hydrogen) atoms. The second-order valence-electron chi connectivity index (χ2n) is 4.65. The number of rotatable bonds is 3. The zero-order valence-electron chi connectivity index (χ0n) is 12.0. The molecule has 0 amide bonds. The van der Waals surface area contributed by atoms with E-state index in [2.05, 4.69) is 59.8 Å². The summed E-state index contributed by atoms with van der Waals surface area (Å²) in [5.74, 6) is -1.31. The maximum absolute atomic E-state index is 9.86. The predicted octanol–water partition coefficient (Wildman–Crippen LogP) is 3.88. The zero-order valence-corrected chi connectivity index (χ0v) is 12.0. The van der Waals surface area contributed by atoms with Gasteiger partial charge >= 0.3 is 5.97 Å². The summed E-state index contributed by atoms with van der Waals surface area (Å²) in [7, 11) is 0. The molecule has 0 radical (unpaired) electrons. The summed E-state index contributed by atoms with van der Waals surface area (Å²) in [4.78, 5) is 9.86. The van der Waals surface area contributed by atoms with Gasteiger partial charge in [-0.1, -0.05) is 48.5 Å². The van der Waals surface area contributed by atoms with Crippen LogP contribution in [0.4, 0.5) is 0 Å². The lowest BCUT2D eigenvalue weighted by atomic mass is 10.1. The summed E-state index contributed by atoms with van der Waals surface area (Å²) < 4.78 is 4.51. The molecule has 0 atom stereocenters. The van der Waals surface area contributed by atoms with Crippen LogP contribution in [0.5, 0.6) is 0 Å². The van der Waals surface area contributed by atoms with E-state index in [1.54, 1.807) is 6.92 Å². The molecule has 3 rings (SSSR count). The van der Waals surface area contributed by atoms with Crippen molar-refractivity contribution in [1.29, 1.82) is 0 Å². The Kier molecular flexibility index (Phi) is 4.77. The normalized spacial score (nSPS) is 10.7. The summed E-state index contributed by atoms with van der Waals surface area (Å²) in [6.45, 7) is 5.18. The smallest absolute Gasteiger partial charge is 0.370 e. The van der Waals surface area contributed by atoms with Crippen LogP contribution >= 0.6 is 0 Å². The van der Waals surface area contributed by atoms with Crippen molar-refractivity contribution in [2.75, 3.05) is 6.61 Å². The number of aliphatic carboxylic acids is 1. The second-order valence-corrected chi connectivity index (χ2v) is 4.65. The van der Waals surface area contributed by atoms with Crippen molar-refractivity contribution in [2.45, 2.75) is 13.3 Å². The molecule has 0 unspecified atom stereocenters. The standard InChI is InChI=1S/C13H10.C5H8O3/c1-3-7-12-10(5-1)9-11-6-2-4-8-13(11)12;1-3-8-4(2)5(6)7/h1-8H,9H2;2-3H2,1H3,(H,6,7). The lowest BCUT2D eigenvalue weighted by Crippen LogP contribution is -2.02. The number of carbonyl (C=O) groups is 1. The Hall–Kier alpha value is -2.55. The van der Waals surface area contributed by atoms with E-state index in [9.17, 15) is 4.79 Å². The Morgan fingerprint density at radius 3 is 1.95 bits per heavy atom. The summed E-state index contributed by atoms with van der Waals surface area (Å²) in [6.07, 6.45) is 1.10. The maximum Gasteiger partial charge on any atom is 0.370 e. The lowest BCUT2D eigenvalue weighted by Gasteiger charge is -1.98. The van der Waals surface area contributed by atoms with Gasteiger partial charge in [-0.05, 0) is 42.2 Å². The van der Waals surface area contributed by atoms with Gasteiger partial charge in [0.2, 0.25) is 0 Å². The molecule has 3 nitrogen and oxygen atoms in total. The van der Waals surface area contributed by atoms with Crippen LogP contribution in [0.25, 0.3) is 11.1 Å². The summed E-state index contributed by atoms with van der Waals surface area (Å²) in [6, 6.07) is 17.3. The molecular weight excluding hydrogens is 264 g/mol. The van der Waals surface area contributed by atoms with E-state index in [1.807, 2.05) is 0 Å². The van der Waals surface area contributed by atoms with Crippen molar-refractivity contribution < 1.29 is 14.6 Å². The molecule has 1 aliphatic rings. The molecule has 0 aromatic heterocycles. The lowest BCUT2D eigenvalue weighted by molar-refractivity contribution is -0.136. The van der Waals surface area contributed by atoms with E-state index < -0.39 is 5.97 Å². The van der Waals surface area contributed by atoms with E-state index in [-0.39, 0.29) is 5.76 Å². The van der Waals surface area contributed by atoms with Crippen molar-refractivity contribution in [3.63, 3.8) is 0 Å². The van der Waals surface area contributed by atoms with Crippen LogP contribution < -0.4 is 0 Å². The molecule has 2 aromatic carbocycles. The number of carboxylic acids is 1. The minimum absolute atomic E-state index is 0.201. The molecule has 3 heteroatoms. The van der Waals surface area contributed by atoms with E-state index >= 15 is 0 Å². The monoisotopic (exact) mass is 282 g/mol. The molecule has 0 saturated heterocycles. The van der Waals surface area contributed by atoms with Crippen molar-refractivity contribution >= 4 is 5.97 Å². The van der Waals surface area contributed by atoms with Crippen LogP contribution in [0.1, 0.15) is 18.1 Å². The molecule has 1 N–H and O–H groups in total. The summed E-state index contributed by atoms with van der Waals surface area (Å²) in [5.41, 5.74) is 5.75. The van der Waals surface area contributed by atoms with Gasteiger partial charge in [0.15, 0.2) is 5.76 Å². The number of benzene rings is 2. The fourth-order valence-corrected chi connectivity index (χ4v) is 2.32. The Morgan fingerprint density at radius 1 is 1.10 bits per heavy atom. The molecule has 0 aliphatic heterocycles. The van der Waals surface area contributed by atoms with Crippen LogP contribution in [0.15, 0.2) is 60.9 Å². The van der Waals surface area contributed by atoms with Crippen LogP contribution in [-0.4, -0.2) is 17.7 Å². The summed E-state index contributed by atoms with van der Waals surface area (Å²) in [5, 5.41) is 8.09. The Bertz CT molecular complexity index is 616. The van der Waals surface area contributed by atoms with Gasteiger partial charge in [-0.15, -0.1) is 0 Å². The molecule has 0 heterocycles. The maximum atomic E-state index is 9.86. The molecule has 0 saturated carbocycles. The van der Waals surface area contributed by atoms with Gasteiger partial charge in [0, 0.05) is 0 Å². The molecular formula is C18H18O3. The Balaban J connectivity index is 0.000000177. The number of carboxylic acid groups (broad SMARTS) is 1. The van der Waals surface area contributed by atoms with Crippen LogP contribution in [0.3, 0.4) is 0 Å². The SMILES string of the molecule is C=C(OCC)C(=O)O.c1ccc2c(c1)Cc1ccccc1-2. The second kappa shape index (κ2) is 6.75.